The summed E-state index contributed by atoms with van der Waals surface area (Å²) in [6.45, 7) is 0. The summed E-state index contributed by atoms with van der Waals surface area (Å²) in [7, 11) is 0. The van der Waals surface area contributed by atoms with Gasteiger partial charge in [-0.15, -0.1) is 0 Å². The number of hydrogen-bond acceptors (Lipinski definition) is 6. The van der Waals surface area contributed by atoms with E-state index in [2.05, 4.69) is 15.9 Å². The molecule has 2 heterocycles. The number of benzene rings is 3. The number of nitrogens with zero attached hydrogens (tertiary/aromatic N) is 1. The van der Waals surface area contributed by atoms with Crippen LogP contribution in [0.1, 0.15) is 22.8 Å². The fourth-order valence-electron chi connectivity index (χ4n) is 3.91. The van der Waals surface area contributed by atoms with Crippen LogP contribution in [0.15, 0.2) is 92.2 Å². The maximum atomic E-state index is 13.0. The van der Waals surface area contributed by atoms with E-state index in [4.69, 9.17) is 9.15 Å². The predicted molar refractivity (Wildman–Crippen MR) is 121 cm³/mol. The van der Waals surface area contributed by atoms with Gasteiger partial charge in [0.05, 0.1) is 15.9 Å². The van der Waals surface area contributed by atoms with E-state index in [1.165, 1.54) is 0 Å². The van der Waals surface area contributed by atoms with Gasteiger partial charge in [0.2, 0.25) is 6.10 Å². The molecule has 1 aromatic heterocycles. The van der Waals surface area contributed by atoms with E-state index in [0.29, 0.717) is 21.3 Å². The van der Waals surface area contributed by atoms with Gasteiger partial charge < -0.3 is 14.3 Å². The molecule has 0 aliphatic carbocycles. The minimum absolute atomic E-state index is 0.0385. The Morgan fingerprint density at radius 1 is 1.00 bits per heavy atom. The van der Waals surface area contributed by atoms with E-state index in [-0.39, 0.29) is 33.6 Å². The summed E-state index contributed by atoms with van der Waals surface area (Å²) < 4.78 is 12.1. The molecule has 0 spiro atoms. The van der Waals surface area contributed by atoms with Crippen molar-refractivity contribution in [2.24, 2.45) is 0 Å². The molecule has 1 aliphatic rings. The Hall–Kier alpha value is -3.91. The molecule has 1 N–H and O–H groups in total. The molecule has 3 aromatic carbocycles. The standard InChI is InChI=1S/C24H14BrNO6/c25-14-10-11-18-16(12-14)19(20-22(27)15-8-4-5-9-17(15)32-24(20)28)21(26(29)30)23(31-18)13-6-2-1-3-7-13/h1-12,23,27H. The van der Waals surface area contributed by atoms with Crippen molar-refractivity contribution < 1.29 is 19.2 Å². The first kappa shape index (κ1) is 20.0. The van der Waals surface area contributed by atoms with Crippen LogP contribution < -0.4 is 10.4 Å². The predicted octanol–water partition coefficient (Wildman–Crippen LogP) is 5.43. The Bertz CT molecular complexity index is 1480. The SMILES string of the molecule is O=c1oc2ccccc2c(O)c1C1=C([N+](=O)[O-])C(c2ccccc2)Oc2ccc(Br)cc21. The highest BCUT2D eigenvalue weighted by atomic mass is 79.9. The maximum Gasteiger partial charge on any atom is 0.348 e. The molecule has 32 heavy (non-hydrogen) atoms. The zero-order valence-corrected chi connectivity index (χ0v) is 17.9. The van der Waals surface area contributed by atoms with Gasteiger partial charge in [-0.25, -0.2) is 4.79 Å². The van der Waals surface area contributed by atoms with Crippen molar-refractivity contribution in [2.75, 3.05) is 0 Å². The van der Waals surface area contributed by atoms with E-state index >= 15 is 0 Å². The smallest absolute Gasteiger partial charge is 0.348 e. The number of halogens is 1. The molecule has 0 saturated carbocycles. The Labute approximate surface area is 189 Å². The van der Waals surface area contributed by atoms with Crippen LogP contribution in [0, 0.1) is 10.1 Å². The van der Waals surface area contributed by atoms with Crippen molar-refractivity contribution in [3.05, 3.63) is 120 Å². The second-order valence-corrected chi connectivity index (χ2v) is 8.09. The van der Waals surface area contributed by atoms with E-state index in [0.717, 1.165) is 0 Å². The molecule has 1 atom stereocenters. The molecule has 7 nitrogen and oxygen atoms in total. The van der Waals surface area contributed by atoms with Crippen LogP contribution in [0.4, 0.5) is 0 Å². The maximum absolute atomic E-state index is 13.0. The third kappa shape index (κ3) is 3.16. The molecule has 1 aliphatic heterocycles. The molecule has 0 amide bonds. The molecular formula is C24H14BrNO6. The highest BCUT2D eigenvalue weighted by Gasteiger charge is 2.41. The highest BCUT2D eigenvalue weighted by Crippen LogP contribution is 2.47. The van der Waals surface area contributed by atoms with E-state index < -0.39 is 16.7 Å². The molecule has 0 bridgehead atoms. The van der Waals surface area contributed by atoms with Crippen molar-refractivity contribution in [1.29, 1.82) is 0 Å². The van der Waals surface area contributed by atoms with Crippen molar-refractivity contribution in [1.82, 2.24) is 0 Å². The van der Waals surface area contributed by atoms with Gasteiger partial charge in [-0.1, -0.05) is 58.4 Å². The van der Waals surface area contributed by atoms with Crippen molar-refractivity contribution in [3.8, 4) is 11.5 Å². The van der Waals surface area contributed by atoms with Crippen LogP contribution in [-0.4, -0.2) is 10.0 Å². The van der Waals surface area contributed by atoms with Gasteiger partial charge in [0, 0.05) is 15.6 Å². The van der Waals surface area contributed by atoms with Gasteiger partial charge in [-0.3, -0.25) is 10.1 Å². The lowest BCUT2D eigenvalue weighted by atomic mass is 9.89. The van der Waals surface area contributed by atoms with Crippen LogP contribution in [0.2, 0.25) is 0 Å². The molecule has 0 radical (unpaired) electrons. The normalized spacial score (nSPS) is 15.3. The first-order valence-corrected chi connectivity index (χ1v) is 10.4. The van der Waals surface area contributed by atoms with Crippen molar-refractivity contribution >= 4 is 32.5 Å². The van der Waals surface area contributed by atoms with Gasteiger partial charge in [-0.05, 0) is 30.3 Å². The van der Waals surface area contributed by atoms with Crippen LogP contribution >= 0.6 is 15.9 Å². The fraction of sp³-hybridized carbons (Fsp3) is 0.0417. The minimum Gasteiger partial charge on any atom is -0.506 e. The zero-order chi connectivity index (χ0) is 22.4. The Morgan fingerprint density at radius 3 is 2.47 bits per heavy atom. The lowest BCUT2D eigenvalue weighted by molar-refractivity contribution is -0.435. The van der Waals surface area contributed by atoms with Crippen molar-refractivity contribution in [2.45, 2.75) is 6.10 Å². The minimum atomic E-state index is -1.10. The first-order valence-electron chi connectivity index (χ1n) is 9.61. The Morgan fingerprint density at radius 2 is 1.72 bits per heavy atom. The second kappa shape index (κ2) is 7.65. The van der Waals surface area contributed by atoms with Gasteiger partial charge >= 0.3 is 5.63 Å². The summed E-state index contributed by atoms with van der Waals surface area (Å²) in [5, 5.41) is 23.7. The monoisotopic (exact) mass is 491 g/mol. The quantitative estimate of drug-likeness (QED) is 0.233. The number of fused-ring (bicyclic) bond motifs is 2. The Kier molecular flexibility index (Phi) is 4.79. The fourth-order valence-corrected chi connectivity index (χ4v) is 4.27. The lowest BCUT2D eigenvalue weighted by Crippen LogP contribution is -2.24. The van der Waals surface area contributed by atoms with Crippen LogP contribution in [0.5, 0.6) is 11.5 Å². The third-order valence-electron chi connectivity index (χ3n) is 5.30. The van der Waals surface area contributed by atoms with Crippen LogP contribution in [0.25, 0.3) is 16.5 Å². The molecule has 158 valence electrons. The number of aromatic hydroxyl groups is 1. The molecule has 8 heteroatoms. The molecular weight excluding hydrogens is 478 g/mol. The average Bonchev–Trinajstić information content (AvgIpc) is 2.79. The van der Waals surface area contributed by atoms with E-state index in [9.17, 15) is 20.0 Å². The van der Waals surface area contributed by atoms with Gasteiger partial charge in [0.1, 0.15) is 22.6 Å². The van der Waals surface area contributed by atoms with Gasteiger partial charge in [0.15, 0.2) is 0 Å². The summed E-state index contributed by atoms with van der Waals surface area (Å²) in [5.41, 5.74) is -0.536. The van der Waals surface area contributed by atoms with Crippen LogP contribution in [0.3, 0.4) is 0 Å². The van der Waals surface area contributed by atoms with E-state index in [1.807, 2.05) is 0 Å². The van der Waals surface area contributed by atoms with Crippen LogP contribution in [-0.2, 0) is 0 Å². The summed E-state index contributed by atoms with van der Waals surface area (Å²) in [6.07, 6.45) is -1.10. The van der Waals surface area contributed by atoms with Gasteiger partial charge in [0.25, 0.3) is 5.70 Å². The molecule has 0 saturated heterocycles. The van der Waals surface area contributed by atoms with Gasteiger partial charge in [-0.2, -0.15) is 0 Å². The molecule has 4 aromatic rings. The highest BCUT2D eigenvalue weighted by molar-refractivity contribution is 9.10. The number of para-hydroxylation sites is 1. The number of rotatable bonds is 3. The first-order chi connectivity index (χ1) is 15.5. The molecule has 1 unspecified atom stereocenters. The second-order valence-electron chi connectivity index (χ2n) is 7.18. The van der Waals surface area contributed by atoms with E-state index in [1.54, 1.807) is 72.8 Å². The van der Waals surface area contributed by atoms with Crippen molar-refractivity contribution in [3.63, 3.8) is 0 Å². The third-order valence-corrected chi connectivity index (χ3v) is 5.79. The number of hydrogen-bond donors (Lipinski definition) is 1. The largest absolute Gasteiger partial charge is 0.506 e. The summed E-state index contributed by atoms with van der Waals surface area (Å²) in [6, 6.07) is 20.2. The number of ether oxygens (including phenoxy) is 1. The summed E-state index contributed by atoms with van der Waals surface area (Å²) in [5.74, 6) is -0.0413. The lowest BCUT2D eigenvalue weighted by Gasteiger charge is -2.27. The summed E-state index contributed by atoms with van der Waals surface area (Å²) in [4.78, 5) is 24.8. The average molecular weight is 492 g/mol. The molecule has 0 fully saturated rings. The zero-order valence-electron chi connectivity index (χ0n) is 16.3. The molecule has 5 rings (SSSR count). The number of nitro groups is 1. The topological polar surface area (TPSA) is 103 Å². The Balaban J connectivity index is 1.92. The summed E-state index contributed by atoms with van der Waals surface area (Å²) >= 11 is 3.37.